The summed E-state index contributed by atoms with van der Waals surface area (Å²) in [5, 5.41) is 5.11. The number of allylic oxidation sites excluding steroid dienone is 4. The van der Waals surface area contributed by atoms with Gasteiger partial charge in [0.25, 0.3) is 0 Å². The summed E-state index contributed by atoms with van der Waals surface area (Å²) in [6.07, 6.45) is 7.81. The van der Waals surface area contributed by atoms with Crippen LogP contribution in [0.2, 0.25) is 0 Å². The molecule has 2 nitrogen and oxygen atoms in total. The van der Waals surface area contributed by atoms with Gasteiger partial charge in [0.05, 0.1) is 22.1 Å². The summed E-state index contributed by atoms with van der Waals surface area (Å²) in [6, 6.07) is 43.9. The van der Waals surface area contributed by atoms with Crippen molar-refractivity contribution in [1.82, 2.24) is 9.55 Å². The Bertz CT molecular complexity index is 2000. The van der Waals surface area contributed by atoms with E-state index in [9.17, 15) is 0 Å². The zero-order valence-corrected chi connectivity index (χ0v) is 20.9. The number of benzene rings is 5. The quantitative estimate of drug-likeness (QED) is 0.257. The highest BCUT2D eigenvalue weighted by Crippen LogP contribution is 2.47. The number of aromatic amines is 1. The Kier molecular flexibility index (Phi) is 4.53. The molecule has 0 spiro atoms. The summed E-state index contributed by atoms with van der Waals surface area (Å²) in [7, 11) is 0. The second-order valence-electron chi connectivity index (χ2n) is 10.3. The minimum absolute atomic E-state index is 0.428. The molecule has 1 aliphatic rings. The van der Waals surface area contributed by atoms with Crippen molar-refractivity contribution in [2.45, 2.75) is 12.0 Å². The Morgan fingerprint density at radius 2 is 1.21 bits per heavy atom. The van der Waals surface area contributed by atoms with Crippen molar-refractivity contribution in [3.05, 3.63) is 151 Å². The third-order valence-electron chi connectivity index (χ3n) is 8.26. The topological polar surface area (TPSA) is 20.7 Å². The smallest absolute Gasteiger partial charge is 0.0950 e. The fourth-order valence-electron chi connectivity index (χ4n) is 6.63. The summed E-state index contributed by atoms with van der Waals surface area (Å²) in [4.78, 5) is 3.81. The molecule has 1 aliphatic carbocycles. The van der Waals surface area contributed by atoms with Crippen molar-refractivity contribution < 1.29 is 0 Å². The number of nitrogens with one attached hydrogen (secondary N) is 1. The molecule has 2 heteroatoms. The number of para-hydroxylation sites is 4. The van der Waals surface area contributed by atoms with E-state index in [1.807, 2.05) is 0 Å². The lowest BCUT2D eigenvalue weighted by atomic mass is 9.77. The van der Waals surface area contributed by atoms with Gasteiger partial charge in [0.15, 0.2) is 0 Å². The van der Waals surface area contributed by atoms with Gasteiger partial charge in [0, 0.05) is 39.0 Å². The molecule has 2 aromatic heterocycles. The fraction of sp³-hybridized carbons (Fsp3) is 0.0556. The lowest BCUT2D eigenvalue weighted by molar-refractivity contribution is 0.488. The van der Waals surface area contributed by atoms with Crippen LogP contribution >= 0.6 is 0 Å². The standard InChI is InChI=1S/C36H26N2/c1-2-12-25(13-3-1)26-14-11-23-36(24-26,31-19-10-18-30-27-15-4-7-20-32(27)37-35(30)31)38-33-21-8-5-16-28(33)29-17-6-9-22-34(29)38/h1-23,37H,24H2. The largest absolute Gasteiger partial charge is 0.354 e. The van der Waals surface area contributed by atoms with Crippen LogP contribution in [-0.4, -0.2) is 9.55 Å². The van der Waals surface area contributed by atoms with E-state index in [4.69, 9.17) is 0 Å². The molecule has 38 heavy (non-hydrogen) atoms. The van der Waals surface area contributed by atoms with Crippen LogP contribution in [0.25, 0.3) is 49.2 Å². The van der Waals surface area contributed by atoms with E-state index in [0.717, 1.165) is 6.42 Å². The normalized spacial score (nSPS) is 17.5. The predicted octanol–water partition coefficient (Wildman–Crippen LogP) is 9.22. The van der Waals surface area contributed by atoms with Crippen LogP contribution in [0.3, 0.4) is 0 Å². The molecule has 180 valence electrons. The van der Waals surface area contributed by atoms with E-state index in [1.165, 1.54) is 60.3 Å². The van der Waals surface area contributed by atoms with Crippen LogP contribution in [-0.2, 0) is 5.54 Å². The van der Waals surface area contributed by atoms with Crippen molar-refractivity contribution in [3.8, 4) is 0 Å². The number of hydrogen-bond donors (Lipinski definition) is 1. The molecular formula is C36H26N2. The SMILES string of the molecule is C1=CC(c2cccc3c2[nH]c2ccccc23)(n2c3ccccc3c3ccccc32)CC(c2ccccc2)=C1. The van der Waals surface area contributed by atoms with E-state index in [-0.39, 0.29) is 0 Å². The zero-order valence-electron chi connectivity index (χ0n) is 20.9. The van der Waals surface area contributed by atoms with Crippen LogP contribution < -0.4 is 0 Å². The molecule has 0 bridgehead atoms. The summed E-state index contributed by atoms with van der Waals surface area (Å²) in [5.74, 6) is 0. The van der Waals surface area contributed by atoms with Gasteiger partial charge in [-0.1, -0.05) is 121 Å². The summed E-state index contributed by atoms with van der Waals surface area (Å²) in [5.41, 5.74) is 8.34. The average molecular weight is 487 g/mol. The lowest BCUT2D eigenvalue weighted by Gasteiger charge is -2.38. The van der Waals surface area contributed by atoms with Gasteiger partial charge in [-0.2, -0.15) is 0 Å². The predicted molar refractivity (Wildman–Crippen MR) is 161 cm³/mol. The van der Waals surface area contributed by atoms with Gasteiger partial charge in [-0.05, 0) is 29.3 Å². The van der Waals surface area contributed by atoms with Gasteiger partial charge in [-0.15, -0.1) is 0 Å². The Morgan fingerprint density at radius 1 is 0.579 bits per heavy atom. The van der Waals surface area contributed by atoms with Crippen molar-refractivity contribution in [2.75, 3.05) is 0 Å². The van der Waals surface area contributed by atoms with Gasteiger partial charge in [-0.3, -0.25) is 0 Å². The zero-order chi connectivity index (χ0) is 25.1. The van der Waals surface area contributed by atoms with Crippen molar-refractivity contribution in [2.24, 2.45) is 0 Å². The minimum atomic E-state index is -0.428. The molecule has 0 amide bonds. The Balaban J connectivity index is 1.51. The number of nitrogens with zero attached hydrogens (tertiary/aromatic N) is 1. The third kappa shape index (κ3) is 2.95. The number of aromatic nitrogens is 2. The van der Waals surface area contributed by atoms with Crippen molar-refractivity contribution >= 4 is 49.2 Å². The first-order valence-corrected chi connectivity index (χ1v) is 13.3. The van der Waals surface area contributed by atoms with Crippen molar-refractivity contribution in [3.63, 3.8) is 0 Å². The molecule has 0 fully saturated rings. The number of hydrogen-bond acceptors (Lipinski definition) is 0. The van der Waals surface area contributed by atoms with E-state index < -0.39 is 5.54 Å². The van der Waals surface area contributed by atoms with E-state index in [2.05, 4.69) is 149 Å². The molecule has 5 aromatic carbocycles. The molecular weight excluding hydrogens is 460 g/mol. The molecule has 0 saturated heterocycles. The molecule has 8 rings (SSSR count). The average Bonchev–Trinajstić information content (AvgIpc) is 3.54. The van der Waals surface area contributed by atoms with Gasteiger partial charge in [-0.25, -0.2) is 0 Å². The summed E-state index contributed by atoms with van der Waals surface area (Å²) in [6.45, 7) is 0. The van der Waals surface area contributed by atoms with E-state index >= 15 is 0 Å². The van der Waals surface area contributed by atoms with E-state index in [1.54, 1.807) is 0 Å². The molecule has 1 atom stereocenters. The fourth-order valence-corrected chi connectivity index (χ4v) is 6.63. The molecule has 1 unspecified atom stereocenters. The summed E-state index contributed by atoms with van der Waals surface area (Å²) < 4.78 is 2.59. The lowest BCUT2D eigenvalue weighted by Crippen LogP contribution is -2.34. The first-order valence-electron chi connectivity index (χ1n) is 13.3. The van der Waals surface area contributed by atoms with Crippen LogP contribution in [0.15, 0.2) is 140 Å². The van der Waals surface area contributed by atoms with E-state index in [0.29, 0.717) is 0 Å². The summed E-state index contributed by atoms with van der Waals surface area (Å²) >= 11 is 0. The first kappa shape index (κ1) is 21.3. The molecule has 0 radical (unpaired) electrons. The second kappa shape index (κ2) is 8.09. The van der Waals surface area contributed by atoms with Gasteiger partial charge < -0.3 is 9.55 Å². The van der Waals surface area contributed by atoms with Crippen LogP contribution in [0.1, 0.15) is 17.5 Å². The highest BCUT2D eigenvalue weighted by molar-refractivity contribution is 6.10. The van der Waals surface area contributed by atoms with Crippen molar-refractivity contribution in [1.29, 1.82) is 0 Å². The van der Waals surface area contributed by atoms with Crippen LogP contribution in [0.4, 0.5) is 0 Å². The highest BCUT2D eigenvalue weighted by atomic mass is 15.1. The molecule has 0 saturated carbocycles. The third-order valence-corrected chi connectivity index (χ3v) is 8.26. The second-order valence-corrected chi connectivity index (χ2v) is 10.3. The van der Waals surface area contributed by atoms with Crippen LogP contribution in [0.5, 0.6) is 0 Å². The highest BCUT2D eigenvalue weighted by Gasteiger charge is 2.38. The number of rotatable bonds is 3. The minimum Gasteiger partial charge on any atom is -0.354 e. The Morgan fingerprint density at radius 3 is 1.97 bits per heavy atom. The first-order chi connectivity index (χ1) is 18.8. The maximum Gasteiger partial charge on any atom is 0.0950 e. The number of H-pyrrole nitrogens is 1. The monoisotopic (exact) mass is 486 g/mol. The Labute approximate surface area is 221 Å². The molecule has 7 aromatic rings. The molecule has 1 N–H and O–H groups in total. The van der Waals surface area contributed by atoms with Gasteiger partial charge in [0.1, 0.15) is 0 Å². The molecule has 2 heterocycles. The maximum absolute atomic E-state index is 3.81. The van der Waals surface area contributed by atoms with Gasteiger partial charge >= 0.3 is 0 Å². The van der Waals surface area contributed by atoms with Gasteiger partial charge in [0.2, 0.25) is 0 Å². The molecule has 0 aliphatic heterocycles. The van der Waals surface area contributed by atoms with Crippen LogP contribution in [0, 0.1) is 0 Å². The maximum atomic E-state index is 3.81. The Hall–Kier alpha value is -4.82. The number of fused-ring (bicyclic) bond motifs is 6.